The number of quaternary nitrogens is 1. The van der Waals surface area contributed by atoms with Crippen LogP contribution >= 0.6 is 0 Å². The van der Waals surface area contributed by atoms with Gasteiger partial charge in [-0.1, -0.05) is 84.9 Å². The van der Waals surface area contributed by atoms with Gasteiger partial charge in [-0.2, -0.15) is 0 Å². The SMILES string of the molecule is [O-][N+]1(c2ccc(-c3ccc(C4CNCCN4)cc3)cc2)c2ccccc2-c2cc(-c3ccc(N(c4ccccc4)c4ccccc4)cc3)ccc21. The van der Waals surface area contributed by atoms with E-state index in [0.717, 1.165) is 81.5 Å². The van der Waals surface area contributed by atoms with Crippen molar-refractivity contribution in [3.05, 3.63) is 187 Å². The molecule has 51 heavy (non-hydrogen) atoms. The number of nitrogens with one attached hydrogen (secondary N) is 2. The molecule has 1 fully saturated rings. The van der Waals surface area contributed by atoms with E-state index in [2.05, 4.69) is 143 Å². The Kier molecular flexibility index (Phi) is 8.03. The van der Waals surface area contributed by atoms with Crippen LogP contribution in [0.1, 0.15) is 11.6 Å². The second-order valence-electron chi connectivity index (χ2n) is 13.3. The Balaban J connectivity index is 1.03. The lowest BCUT2D eigenvalue weighted by Gasteiger charge is -2.38. The molecule has 7 aromatic rings. The van der Waals surface area contributed by atoms with Crippen LogP contribution in [-0.4, -0.2) is 19.6 Å². The molecule has 2 atom stereocenters. The molecular weight excluding hydrogens is 625 g/mol. The molecule has 0 aliphatic carbocycles. The van der Waals surface area contributed by atoms with E-state index < -0.39 is 4.65 Å². The molecular formula is C46H38N4O. The molecule has 0 bridgehead atoms. The highest BCUT2D eigenvalue weighted by Crippen LogP contribution is 2.57. The molecule has 2 heterocycles. The van der Waals surface area contributed by atoms with Gasteiger partial charge >= 0.3 is 0 Å². The van der Waals surface area contributed by atoms with Crippen molar-refractivity contribution in [1.29, 1.82) is 0 Å². The summed E-state index contributed by atoms with van der Waals surface area (Å²) in [7, 11) is 0. The third-order valence-corrected chi connectivity index (χ3v) is 10.3. The number of para-hydroxylation sites is 3. The lowest BCUT2D eigenvalue weighted by atomic mass is 9.98. The number of benzene rings is 7. The van der Waals surface area contributed by atoms with Crippen LogP contribution in [0.15, 0.2) is 176 Å². The normalized spacial score (nSPS) is 17.8. The third kappa shape index (κ3) is 5.63. The maximum atomic E-state index is 15.2. The van der Waals surface area contributed by atoms with Gasteiger partial charge in [-0.3, -0.25) is 4.65 Å². The molecule has 0 saturated carbocycles. The third-order valence-electron chi connectivity index (χ3n) is 10.3. The van der Waals surface area contributed by atoms with Gasteiger partial charge < -0.3 is 20.7 Å². The minimum absolute atomic E-state index is 0.333. The first-order chi connectivity index (χ1) is 25.2. The molecule has 5 heteroatoms. The van der Waals surface area contributed by atoms with E-state index in [0.29, 0.717) is 11.7 Å². The zero-order chi connectivity index (χ0) is 34.2. The summed E-state index contributed by atoms with van der Waals surface area (Å²) in [5.41, 5.74) is 13.1. The Morgan fingerprint density at radius 2 is 1.02 bits per heavy atom. The van der Waals surface area contributed by atoms with Crippen molar-refractivity contribution >= 4 is 34.1 Å². The number of anilines is 3. The van der Waals surface area contributed by atoms with E-state index in [1.807, 2.05) is 48.5 Å². The molecule has 2 aliphatic rings. The molecule has 248 valence electrons. The van der Waals surface area contributed by atoms with Gasteiger partial charge in [-0.25, -0.2) is 0 Å². The smallest absolute Gasteiger partial charge is 0.151 e. The number of rotatable bonds is 7. The van der Waals surface area contributed by atoms with Gasteiger partial charge in [0.15, 0.2) is 11.4 Å². The zero-order valence-corrected chi connectivity index (χ0v) is 28.2. The van der Waals surface area contributed by atoms with Crippen LogP contribution in [0.2, 0.25) is 0 Å². The van der Waals surface area contributed by atoms with E-state index in [9.17, 15) is 0 Å². The van der Waals surface area contributed by atoms with Crippen LogP contribution in [0.3, 0.4) is 0 Å². The molecule has 0 spiro atoms. The van der Waals surface area contributed by atoms with Crippen LogP contribution < -0.4 is 20.2 Å². The summed E-state index contributed by atoms with van der Waals surface area (Å²) >= 11 is 0. The molecule has 7 aromatic carbocycles. The Bertz CT molecular complexity index is 2240. The molecule has 0 amide bonds. The van der Waals surface area contributed by atoms with E-state index in [-0.39, 0.29) is 0 Å². The minimum Gasteiger partial charge on any atom is -0.616 e. The first kappa shape index (κ1) is 31.2. The number of hydrogen-bond donors (Lipinski definition) is 2. The Labute approximate surface area is 299 Å². The maximum Gasteiger partial charge on any atom is 0.151 e. The largest absolute Gasteiger partial charge is 0.616 e. The van der Waals surface area contributed by atoms with Gasteiger partial charge in [0.1, 0.15) is 5.69 Å². The molecule has 5 nitrogen and oxygen atoms in total. The number of nitrogens with zero attached hydrogens (tertiary/aromatic N) is 2. The molecule has 9 rings (SSSR count). The molecule has 2 aliphatic heterocycles. The van der Waals surface area contributed by atoms with Gasteiger partial charge in [0.05, 0.1) is 5.56 Å². The van der Waals surface area contributed by atoms with Crippen molar-refractivity contribution in [2.45, 2.75) is 6.04 Å². The zero-order valence-electron chi connectivity index (χ0n) is 28.2. The van der Waals surface area contributed by atoms with Crippen LogP contribution in [0.5, 0.6) is 0 Å². The number of hydrogen-bond acceptors (Lipinski definition) is 4. The Morgan fingerprint density at radius 3 is 1.67 bits per heavy atom. The van der Waals surface area contributed by atoms with Crippen LogP contribution in [-0.2, 0) is 0 Å². The van der Waals surface area contributed by atoms with Crippen LogP contribution in [0.4, 0.5) is 34.1 Å². The molecule has 1 saturated heterocycles. The number of piperazine rings is 1. The standard InChI is InChI=1S/C46H38N4O/c51-50(41-26-21-34(22-27-41)33-15-17-36(18-16-33)44-32-47-29-30-48-44)45-14-8-7-13-42(45)43-31-37(23-28-46(43)50)35-19-24-40(25-20-35)49(38-9-3-1-4-10-38)39-11-5-2-6-12-39/h1-28,31,44,47-48H,29-30,32H2. The highest BCUT2D eigenvalue weighted by atomic mass is 16.5. The lowest BCUT2D eigenvalue weighted by Crippen LogP contribution is -2.42. The Morgan fingerprint density at radius 1 is 0.490 bits per heavy atom. The molecule has 2 N–H and O–H groups in total. The fourth-order valence-electron chi connectivity index (χ4n) is 7.65. The maximum absolute atomic E-state index is 15.2. The van der Waals surface area contributed by atoms with Crippen molar-refractivity contribution in [2.75, 3.05) is 24.5 Å². The minimum atomic E-state index is -0.618. The average Bonchev–Trinajstić information content (AvgIpc) is 3.47. The summed E-state index contributed by atoms with van der Waals surface area (Å²) in [5.74, 6) is 0. The fraction of sp³-hybridized carbons (Fsp3) is 0.0870. The van der Waals surface area contributed by atoms with Crippen molar-refractivity contribution in [2.24, 2.45) is 0 Å². The summed E-state index contributed by atoms with van der Waals surface area (Å²) < 4.78 is -0.618. The highest BCUT2D eigenvalue weighted by Gasteiger charge is 2.39. The van der Waals surface area contributed by atoms with Gasteiger partial charge in [-0.15, -0.1) is 0 Å². The van der Waals surface area contributed by atoms with Crippen LogP contribution in [0.25, 0.3) is 33.4 Å². The fourth-order valence-corrected chi connectivity index (χ4v) is 7.65. The van der Waals surface area contributed by atoms with Gasteiger partial charge in [0.25, 0.3) is 0 Å². The quantitative estimate of drug-likeness (QED) is 0.132. The summed E-state index contributed by atoms with van der Waals surface area (Å²) in [4.78, 5) is 2.26. The lowest BCUT2D eigenvalue weighted by molar-refractivity contribution is 0.430. The van der Waals surface area contributed by atoms with E-state index in [1.54, 1.807) is 0 Å². The van der Waals surface area contributed by atoms with Gasteiger partial charge in [0.2, 0.25) is 0 Å². The monoisotopic (exact) mass is 662 g/mol. The number of fused-ring (bicyclic) bond motifs is 3. The Hall–Kier alpha value is -5.82. The predicted octanol–water partition coefficient (Wildman–Crippen LogP) is 11.2. The van der Waals surface area contributed by atoms with Crippen LogP contribution in [0, 0.1) is 5.21 Å². The topological polar surface area (TPSA) is 50.4 Å². The second kappa shape index (κ2) is 13.1. The van der Waals surface area contributed by atoms with Crippen molar-refractivity contribution in [1.82, 2.24) is 15.3 Å². The van der Waals surface area contributed by atoms with Crippen molar-refractivity contribution in [3.63, 3.8) is 0 Å². The summed E-state index contributed by atoms with van der Waals surface area (Å²) in [6, 6.07) is 61.1. The summed E-state index contributed by atoms with van der Waals surface area (Å²) in [6.45, 7) is 2.93. The first-order valence-electron chi connectivity index (χ1n) is 17.7. The van der Waals surface area contributed by atoms with Gasteiger partial charge in [0, 0.05) is 72.6 Å². The molecule has 0 radical (unpaired) electrons. The first-order valence-corrected chi connectivity index (χ1v) is 17.7. The van der Waals surface area contributed by atoms with Crippen molar-refractivity contribution < 1.29 is 0 Å². The average molecular weight is 663 g/mol. The van der Waals surface area contributed by atoms with E-state index >= 15 is 5.21 Å². The highest BCUT2D eigenvalue weighted by molar-refractivity contribution is 6.00. The summed E-state index contributed by atoms with van der Waals surface area (Å²) in [5, 5.41) is 22.2. The van der Waals surface area contributed by atoms with Gasteiger partial charge in [-0.05, 0) is 94.5 Å². The van der Waals surface area contributed by atoms with Crippen molar-refractivity contribution in [3.8, 4) is 33.4 Å². The van der Waals surface area contributed by atoms with E-state index in [1.165, 1.54) is 5.56 Å². The predicted molar refractivity (Wildman–Crippen MR) is 212 cm³/mol. The summed E-state index contributed by atoms with van der Waals surface area (Å²) in [6.07, 6.45) is 0. The molecule has 2 unspecified atom stereocenters. The van der Waals surface area contributed by atoms with E-state index in [4.69, 9.17) is 0 Å². The molecule has 0 aromatic heterocycles. The second-order valence-corrected chi connectivity index (χ2v) is 13.3.